The van der Waals surface area contributed by atoms with Crippen molar-refractivity contribution in [3.05, 3.63) is 24.3 Å². The largest absolute Gasteiger partial charge is 0.313 e. The highest BCUT2D eigenvalue weighted by molar-refractivity contribution is 7.22. The van der Waals surface area contributed by atoms with Gasteiger partial charge in [0.2, 0.25) is 5.91 Å². The number of amides is 1. The number of nitrogens with one attached hydrogen (secondary N) is 2. The maximum absolute atomic E-state index is 11.7. The monoisotopic (exact) mass is 261 g/mol. The molecule has 0 spiro atoms. The van der Waals surface area contributed by atoms with Gasteiger partial charge in [-0.3, -0.25) is 4.79 Å². The third-order valence-corrected chi connectivity index (χ3v) is 3.85. The Balaban J connectivity index is 1.55. The fraction of sp³-hybridized carbons (Fsp3) is 0.385. The van der Waals surface area contributed by atoms with Gasteiger partial charge >= 0.3 is 0 Å². The normalized spacial score (nSPS) is 14.9. The molecule has 1 aromatic carbocycles. The van der Waals surface area contributed by atoms with Crippen molar-refractivity contribution < 1.29 is 4.79 Å². The van der Waals surface area contributed by atoms with Gasteiger partial charge in [0.15, 0.2) is 5.13 Å². The highest BCUT2D eigenvalue weighted by Crippen LogP contribution is 2.25. The standard InChI is InChI=1S/C13H15N3OS/c17-12(7-8-14-9-5-6-9)16-13-15-10-3-1-2-4-11(10)18-13/h1-4,9,14H,5-8H2,(H,15,16,17). The van der Waals surface area contributed by atoms with Crippen LogP contribution in [0.25, 0.3) is 10.2 Å². The minimum Gasteiger partial charge on any atom is -0.313 e. The zero-order valence-electron chi connectivity index (χ0n) is 9.98. The summed E-state index contributed by atoms with van der Waals surface area (Å²) in [6.07, 6.45) is 3.01. The van der Waals surface area contributed by atoms with E-state index in [0.29, 0.717) is 17.6 Å². The Morgan fingerprint density at radius 1 is 1.39 bits per heavy atom. The highest BCUT2D eigenvalue weighted by Gasteiger charge is 2.20. The second-order valence-corrected chi connectivity index (χ2v) is 5.54. The van der Waals surface area contributed by atoms with Crippen molar-refractivity contribution in [1.29, 1.82) is 0 Å². The van der Waals surface area contributed by atoms with Crippen molar-refractivity contribution in [2.24, 2.45) is 0 Å². The molecule has 94 valence electrons. The number of hydrogen-bond donors (Lipinski definition) is 2. The molecule has 18 heavy (non-hydrogen) atoms. The molecule has 0 saturated heterocycles. The van der Waals surface area contributed by atoms with E-state index in [9.17, 15) is 4.79 Å². The zero-order chi connectivity index (χ0) is 12.4. The lowest BCUT2D eigenvalue weighted by atomic mass is 10.3. The Hall–Kier alpha value is -1.46. The maximum atomic E-state index is 11.7. The smallest absolute Gasteiger partial charge is 0.227 e. The number of thiazole rings is 1. The Morgan fingerprint density at radius 2 is 2.22 bits per heavy atom. The summed E-state index contributed by atoms with van der Waals surface area (Å²) in [7, 11) is 0. The average molecular weight is 261 g/mol. The molecule has 0 bridgehead atoms. The molecular weight excluding hydrogens is 246 g/mol. The molecule has 5 heteroatoms. The van der Waals surface area contributed by atoms with Gasteiger partial charge in [0.1, 0.15) is 0 Å². The van der Waals surface area contributed by atoms with Gasteiger partial charge in [-0.25, -0.2) is 4.98 Å². The molecule has 2 aromatic rings. The van der Waals surface area contributed by atoms with Crippen LogP contribution in [0.2, 0.25) is 0 Å². The summed E-state index contributed by atoms with van der Waals surface area (Å²) in [5.41, 5.74) is 0.939. The number of carbonyl (C=O) groups is 1. The predicted molar refractivity (Wildman–Crippen MR) is 73.9 cm³/mol. The van der Waals surface area contributed by atoms with E-state index in [2.05, 4.69) is 15.6 Å². The van der Waals surface area contributed by atoms with Gasteiger partial charge < -0.3 is 10.6 Å². The number of benzene rings is 1. The Bertz CT molecular complexity index is 529. The first kappa shape index (κ1) is 11.6. The molecule has 3 rings (SSSR count). The first-order chi connectivity index (χ1) is 8.81. The van der Waals surface area contributed by atoms with Crippen molar-refractivity contribution in [1.82, 2.24) is 10.3 Å². The van der Waals surface area contributed by atoms with E-state index in [-0.39, 0.29) is 5.91 Å². The summed E-state index contributed by atoms with van der Waals surface area (Å²) in [5, 5.41) is 6.86. The van der Waals surface area contributed by atoms with E-state index in [1.807, 2.05) is 24.3 Å². The molecular formula is C13H15N3OS. The lowest BCUT2D eigenvalue weighted by molar-refractivity contribution is -0.116. The number of nitrogens with zero attached hydrogens (tertiary/aromatic N) is 1. The minimum absolute atomic E-state index is 0.0298. The number of anilines is 1. The third-order valence-electron chi connectivity index (χ3n) is 2.90. The van der Waals surface area contributed by atoms with Gasteiger partial charge in [-0.2, -0.15) is 0 Å². The quantitative estimate of drug-likeness (QED) is 0.869. The lowest BCUT2D eigenvalue weighted by Gasteiger charge is -2.02. The van der Waals surface area contributed by atoms with Crippen molar-refractivity contribution in [3.63, 3.8) is 0 Å². The Labute approximate surface area is 109 Å². The molecule has 4 nitrogen and oxygen atoms in total. The number of rotatable bonds is 5. The highest BCUT2D eigenvalue weighted by atomic mass is 32.1. The summed E-state index contributed by atoms with van der Waals surface area (Å²) in [6, 6.07) is 8.55. The van der Waals surface area contributed by atoms with Crippen LogP contribution >= 0.6 is 11.3 Å². The number of para-hydroxylation sites is 1. The van der Waals surface area contributed by atoms with Crippen LogP contribution < -0.4 is 10.6 Å². The number of aromatic nitrogens is 1. The summed E-state index contributed by atoms with van der Waals surface area (Å²) in [6.45, 7) is 0.751. The molecule has 0 radical (unpaired) electrons. The molecule has 2 N–H and O–H groups in total. The summed E-state index contributed by atoms with van der Waals surface area (Å²) >= 11 is 1.51. The van der Waals surface area contributed by atoms with E-state index in [1.54, 1.807) is 0 Å². The van der Waals surface area contributed by atoms with Crippen molar-refractivity contribution in [2.45, 2.75) is 25.3 Å². The number of fused-ring (bicyclic) bond motifs is 1. The zero-order valence-corrected chi connectivity index (χ0v) is 10.8. The number of hydrogen-bond acceptors (Lipinski definition) is 4. The first-order valence-corrected chi connectivity index (χ1v) is 7.02. The summed E-state index contributed by atoms with van der Waals surface area (Å²) < 4.78 is 1.10. The molecule has 0 atom stereocenters. The molecule has 1 saturated carbocycles. The predicted octanol–water partition coefficient (Wildman–Crippen LogP) is 2.38. The molecule has 0 aliphatic heterocycles. The summed E-state index contributed by atoms with van der Waals surface area (Å²) in [5.74, 6) is 0.0298. The lowest BCUT2D eigenvalue weighted by Crippen LogP contribution is -2.23. The topological polar surface area (TPSA) is 54.0 Å². The molecule has 1 aliphatic rings. The molecule has 1 aliphatic carbocycles. The van der Waals surface area contributed by atoms with Crippen LogP contribution in [0.1, 0.15) is 19.3 Å². The van der Waals surface area contributed by atoms with Crippen LogP contribution in [0, 0.1) is 0 Å². The van der Waals surface area contributed by atoms with Crippen LogP contribution in [0.4, 0.5) is 5.13 Å². The fourth-order valence-electron chi connectivity index (χ4n) is 1.78. The van der Waals surface area contributed by atoms with Crippen molar-refractivity contribution in [3.8, 4) is 0 Å². The van der Waals surface area contributed by atoms with Gasteiger partial charge in [0.25, 0.3) is 0 Å². The Kier molecular flexibility index (Phi) is 3.25. The van der Waals surface area contributed by atoms with Crippen LogP contribution in [-0.2, 0) is 4.79 Å². The van der Waals surface area contributed by atoms with Crippen LogP contribution in [0.15, 0.2) is 24.3 Å². The molecule has 1 heterocycles. The van der Waals surface area contributed by atoms with Gasteiger partial charge in [-0.05, 0) is 25.0 Å². The molecule has 1 aromatic heterocycles. The molecule has 1 amide bonds. The van der Waals surface area contributed by atoms with E-state index in [0.717, 1.165) is 16.8 Å². The maximum Gasteiger partial charge on any atom is 0.227 e. The number of carbonyl (C=O) groups excluding carboxylic acids is 1. The fourth-order valence-corrected chi connectivity index (χ4v) is 2.67. The molecule has 1 fully saturated rings. The summed E-state index contributed by atoms with van der Waals surface area (Å²) in [4.78, 5) is 16.1. The second-order valence-electron chi connectivity index (χ2n) is 4.51. The Morgan fingerprint density at radius 3 is 3.00 bits per heavy atom. The van der Waals surface area contributed by atoms with E-state index < -0.39 is 0 Å². The van der Waals surface area contributed by atoms with Gasteiger partial charge in [0, 0.05) is 19.0 Å². The van der Waals surface area contributed by atoms with E-state index >= 15 is 0 Å². The third kappa shape index (κ3) is 2.86. The van der Waals surface area contributed by atoms with Crippen molar-refractivity contribution >= 4 is 32.6 Å². The van der Waals surface area contributed by atoms with E-state index in [4.69, 9.17) is 0 Å². The second kappa shape index (κ2) is 5.04. The van der Waals surface area contributed by atoms with Gasteiger partial charge in [0.05, 0.1) is 10.2 Å². The SMILES string of the molecule is O=C(CCNC1CC1)Nc1nc2ccccc2s1. The van der Waals surface area contributed by atoms with E-state index in [1.165, 1.54) is 24.2 Å². The van der Waals surface area contributed by atoms with Crippen LogP contribution in [-0.4, -0.2) is 23.5 Å². The van der Waals surface area contributed by atoms with Crippen LogP contribution in [0.5, 0.6) is 0 Å². The molecule has 0 unspecified atom stereocenters. The minimum atomic E-state index is 0.0298. The van der Waals surface area contributed by atoms with Crippen molar-refractivity contribution in [2.75, 3.05) is 11.9 Å². The first-order valence-electron chi connectivity index (χ1n) is 6.20. The van der Waals surface area contributed by atoms with Gasteiger partial charge in [-0.15, -0.1) is 0 Å². The van der Waals surface area contributed by atoms with Crippen LogP contribution in [0.3, 0.4) is 0 Å². The average Bonchev–Trinajstić information content (AvgIpc) is 3.08. The van der Waals surface area contributed by atoms with Gasteiger partial charge in [-0.1, -0.05) is 23.5 Å².